The van der Waals surface area contributed by atoms with Crippen LogP contribution in [0.3, 0.4) is 0 Å². The van der Waals surface area contributed by atoms with E-state index in [4.69, 9.17) is 4.42 Å². The molecule has 28 heavy (non-hydrogen) atoms. The van der Waals surface area contributed by atoms with Crippen LogP contribution in [0.25, 0.3) is 10.9 Å². The van der Waals surface area contributed by atoms with Crippen LogP contribution in [0.5, 0.6) is 0 Å². The van der Waals surface area contributed by atoms with Gasteiger partial charge in [0.25, 0.3) is 5.91 Å². The zero-order valence-electron chi connectivity index (χ0n) is 16.2. The molecule has 0 radical (unpaired) electrons. The van der Waals surface area contributed by atoms with Crippen molar-refractivity contribution < 1.29 is 14.0 Å². The monoisotopic (exact) mass is 379 g/mol. The Morgan fingerprint density at radius 1 is 1.21 bits per heavy atom. The molecule has 3 heterocycles. The van der Waals surface area contributed by atoms with Gasteiger partial charge in [-0.1, -0.05) is 11.6 Å². The Hall–Kier alpha value is -3.02. The largest absolute Gasteiger partial charge is 0.472 e. The lowest BCUT2D eigenvalue weighted by Crippen LogP contribution is -2.46. The first-order valence-corrected chi connectivity index (χ1v) is 9.70. The van der Waals surface area contributed by atoms with Crippen molar-refractivity contribution in [3.63, 3.8) is 0 Å². The molecule has 0 atom stereocenters. The van der Waals surface area contributed by atoms with Crippen molar-refractivity contribution in [1.29, 1.82) is 0 Å². The Labute approximate surface area is 163 Å². The number of benzene rings is 1. The highest BCUT2D eigenvalue weighted by atomic mass is 16.3. The Balaban J connectivity index is 1.35. The maximum atomic E-state index is 12.6. The third-order valence-electron chi connectivity index (χ3n) is 5.53. The Bertz CT molecular complexity index is 996. The van der Waals surface area contributed by atoms with Crippen LogP contribution < -0.4 is 5.32 Å². The molecule has 6 nitrogen and oxygen atoms in total. The van der Waals surface area contributed by atoms with Crippen molar-refractivity contribution in [3.05, 3.63) is 59.2 Å². The minimum absolute atomic E-state index is 0.0108. The van der Waals surface area contributed by atoms with Gasteiger partial charge in [0.1, 0.15) is 6.26 Å². The highest BCUT2D eigenvalue weighted by Crippen LogP contribution is 2.24. The maximum absolute atomic E-state index is 12.6. The van der Waals surface area contributed by atoms with Crippen LogP contribution >= 0.6 is 0 Å². The van der Waals surface area contributed by atoms with Gasteiger partial charge in [0.05, 0.1) is 18.2 Å². The molecule has 1 saturated heterocycles. The summed E-state index contributed by atoms with van der Waals surface area (Å²) in [4.78, 5) is 30.2. The first-order valence-electron chi connectivity index (χ1n) is 9.70. The van der Waals surface area contributed by atoms with Crippen molar-refractivity contribution in [2.75, 3.05) is 13.1 Å². The minimum atomic E-state index is -0.0108. The number of nitrogens with one attached hydrogen (secondary N) is 2. The number of nitrogens with zero attached hydrogens (tertiary/aromatic N) is 1. The molecule has 3 aromatic rings. The van der Waals surface area contributed by atoms with Crippen LogP contribution in [0.2, 0.25) is 0 Å². The maximum Gasteiger partial charge on any atom is 0.257 e. The molecule has 1 aliphatic rings. The molecule has 2 N–H and O–H groups in total. The van der Waals surface area contributed by atoms with Gasteiger partial charge in [-0.2, -0.15) is 0 Å². The van der Waals surface area contributed by atoms with E-state index < -0.39 is 0 Å². The second kappa shape index (κ2) is 7.54. The van der Waals surface area contributed by atoms with E-state index >= 15 is 0 Å². The van der Waals surface area contributed by atoms with Crippen molar-refractivity contribution >= 4 is 22.7 Å². The van der Waals surface area contributed by atoms with Gasteiger partial charge in [-0.05, 0) is 50.5 Å². The summed E-state index contributed by atoms with van der Waals surface area (Å²) in [6, 6.07) is 8.04. The molecular formula is C22H25N3O3. The summed E-state index contributed by atoms with van der Waals surface area (Å²) in [6.45, 7) is 5.35. The number of piperidine rings is 1. The number of hydrogen-bond donors (Lipinski definition) is 2. The van der Waals surface area contributed by atoms with Crippen LogP contribution in [-0.2, 0) is 11.2 Å². The van der Waals surface area contributed by atoms with Gasteiger partial charge in [0, 0.05) is 35.7 Å². The van der Waals surface area contributed by atoms with Gasteiger partial charge < -0.3 is 19.6 Å². The molecule has 0 bridgehead atoms. The molecule has 1 aromatic carbocycles. The fourth-order valence-electron chi connectivity index (χ4n) is 3.96. The number of carbonyl (C=O) groups is 2. The zero-order chi connectivity index (χ0) is 19.7. The number of likely N-dealkylation sites (tertiary alicyclic amines) is 1. The normalized spacial score (nSPS) is 15.1. The number of aryl methyl sites for hydroxylation is 2. The average Bonchev–Trinajstić information content (AvgIpc) is 3.31. The van der Waals surface area contributed by atoms with E-state index in [0.29, 0.717) is 25.1 Å². The highest BCUT2D eigenvalue weighted by Gasteiger charge is 2.25. The van der Waals surface area contributed by atoms with Gasteiger partial charge >= 0.3 is 0 Å². The topological polar surface area (TPSA) is 78.3 Å². The number of rotatable bonds is 4. The van der Waals surface area contributed by atoms with Crippen molar-refractivity contribution in [3.8, 4) is 0 Å². The molecule has 0 aliphatic carbocycles. The average molecular weight is 379 g/mol. The quantitative estimate of drug-likeness (QED) is 0.730. The van der Waals surface area contributed by atoms with Gasteiger partial charge in [-0.25, -0.2) is 0 Å². The Morgan fingerprint density at radius 3 is 2.71 bits per heavy atom. The second-order valence-electron chi connectivity index (χ2n) is 7.60. The number of furan rings is 1. The van der Waals surface area contributed by atoms with E-state index in [1.165, 1.54) is 18.1 Å². The van der Waals surface area contributed by atoms with Gasteiger partial charge in [-0.15, -0.1) is 0 Å². The minimum Gasteiger partial charge on any atom is -0.472 e. The predicted octanol–water partition coefficient (Wildman–Crippen LogP) is 3.34. The van der Waals surface area contributed by atoms with Gasteiger partial charge in [0.2, 0.25) is 5.91 Å². The van der Waals surface area contributed by atoms with Gasteiger partial charge in [-0.3, -0.25) is 9.59 Å². The third-order valence-corrected chi connectivity index (χ3v) is 5.53. The van der Waals surface area contributed by atoms with Crippen LogP contribution in [0.15, 0.2) is 41.2 Å². The summed E-state index contributed by atoms with van der Waals surface area (Å²) in [7, 11) is 0. The first-order chi connectivity index (χ1) is 13.5. The van der Waals surface area contributed by atoms with Crippen LogP contribution in [0.4, 0.5) is 0 Å². The second-order valence-corrected chi connectivity index (χ2v) is 7.60. The Morgan fingerprint density at radius 2 is 2.00 bits per heavy atom. The lowest BCUT2D eigenvalue weighted by molar-refractivity contribution is -0.121. The fourth-order valence-corrected chi connectivity index (χ4v) is 3.96. The number of aromatic amines is 1. The molecule has 4 rings (SSSR count). The standard InChI is InChI=1S/C22H25N3O3/c1-14-3-4-20-19(11-14)18(15(2)23-20)12-21(26)24-17-5-8-25(9-6-17)22(27)16-7-10-28-13-16/h3-4,7,10-11,13,17,23H,5-6,8-9,12H2,1-2H3,(H,24,26). The summed E-state index contributed by atoms with van der Waals surface area (Å²) in [5.41, 5.74) is 4.92. The molecule has 0 spiro atoms. The lowest BCUT2D eigenvalue weighted by Gasteiger charge is -2.32. The Kier molecular flexibility index (Phi) is 4.94. The molecule has 2 aromatic heterocycles. The summed E-state index contributed by atoms with van der Waals surface area (Å²) >= 11 is 0. The lowest BCUT2D eigenvalue weighted by atomic mass is 10.0. The molecule has 6 heteroatoms. The van der Waals surface area contributed by atoms with Crippen molar-refractivity contribution in [2.45, 2.75) is 39.2 Å². The van der Waals surface area contributed by atoms with E-state index in [0.717, 1.165) is 35.0 Å². The molecule has 0 unspecified atom stereocenters. The first kappa shape index (κ1) is 18.3. The third kappa shape index (κ3) is 3.67. The smallest absolute Gasteiger partial charge is 0.257 e. The summed E-state index contributed by atoms with van der Waals surface area (Å²) in [5.74, 6) is 0.0217. The molecule has 1 fully saturated rings. The van der Waals surface area contributed by atoms with E-state index in [9.17, 15) is 9.59 Å². The van der Waals surface area contributed by atoms with E-state index in [2.05, 4.69) is 35.4 Å². The summed E-state index contributed by atoms with van der Waals surface area (Å²) < 4.78 is 4.99. The molecule has 0 saturated carbocycles. The summed E-state index contributed by atoms with van der Waals surface area (Å²) in [6.07, 6.45) is 4.88. The number of carbonyl (C=O) groups excluding carboxylic acids is 2. The number of aromatic nitrogens is 1. The number of fused-ring (bicyclic) bond motifs is 1. The van der Waals surface area contributed by atoms with Gasteiger partial charge in [0.15, 0.2) is 0 Å². The number of hydrogen-bond acceptors (Lipinski definition) is 3. The molecule has 146 valence electrons. The predicted molar refractivity (Wildman–Crippen MR) is 107 cm³/mol. The zero-order valence-corrected chi connectivity index (χ0v) is 16.2. The molecular weight excluding hydrogens is 354 g/mol. The van der Waals surface area contributed by atoms with Crippen LogP contribution in [0, 0.1) is 13.8 Å². The van der Waals surface area contributed by atoms with Crippen molar-refractivity contribution in [1.82, 2.24) is 15.2 Å². The number of amides is 2. The molecule has 2 amide bonds. The SMILES string of the molecule is Cc1ccc2[nH]c(C)c(CC(=O)NC3CCN(C(=O)c4ccoc4)CC3)c2c1. The van der Waals surface area contributed by atoms with Crippen molar-refractivity contribution in [2.24, 2.45) is 0 Å². The highest BCUT2D eigenvalue weighted by molar-refractivity contribution is 5.94. The number of H-pyrrole nitrogens is 1. The summed E-state index contributed by atoms with van der Waals surface area (Å²) in [5, 5.41) is 4.27. The van der Waals surface area contributed by atoms with E-state index in [-0.39, 0.29) is 17.9 Å². The van der Waals surface area contributed by atoms with Crippen LogP contribution in [0.1, 0.15) is 40.0 Å². The van der Waals surface area contributed by atoms with E-state index in [1.54, 1.807) is 6.07 Å². The van der Waals surface area contributed by atoms with Crippen LogP contribution in [-0.4, -0.2) is 40.8 Å². The molecule has 1 aliphatic heterocycles. The van der Waals surface area contributed by atoms with E-state index in [1.807, 2.05) is 11.8 Å². The fraction of sp³-hybridized carbons (Fsp3) is 0.364.